The van der Waals surface area contributed by atoms with Crippen LogP contribution in [-0.4, -0.2) is 94.6 Å². The van der Waals surface area contributed by atoms with Gasteiger partial charge in [-0.1, -0.05) is 24.3 Å². The first-order valence-corrected chi connectivity index (χ1v) is 15.1. The summed E-state index contributed by atoms with van der Waals surface area (Å²) in [5.74, 6) is 0.420. The molecule has 2 aromatic carbocycles. The van der Waals surface area contributed by atoms with Gasteiger partial charge in [0.05, 0.1) is 18.6 Å². The molecule has 10 heteroatoms. The van der Waals surface area contributed by atoms with Crippen molar-refractivity contribution in [1.29, 1.82) is 0 Å². The van der Waals surface area contributed by atoms with E-state index in [1.165, 1.54) is 9.87 Å². The number of ether oxygens (including phenoxy) is 2. The van der Waals surface area contributed by atoms with E-state index >= 15 is 0 Å². The van der Waals surface area contributed by atoms with E-state index in [-0.39, 0.29) is 25.2 Å². The molecule has 1 N–H and O–H groups in total. The third-order valence-corrected chi connectivity index (χ3v) is 9.88. The molecule has 2 aliphatic heterocycles. The van der Waals surface area contributed by atoms with Gasteiger partial charge in [-0.3, -0.25) is 9.69 Å². The summed E-state index contributed by atoms with van der Waals surface area (Å²) in [6.45, 7) is 9.83. The molecular weight excluding hydrogens is 516 g/mol. The molecule has 2 aromatic rings. The first-order valence-electron chi connectivity index (χ1n) is 13.7. The van der Waals surface area contributed by atoms with E-state index in [2.05, 4.69) is 46.4 Å². The second kappa shape index (κ2) is 13.2. The second-order valence-electron chi connectivity index (χ2n) is 10.7. The lowest BCUT2D eigenvalue weighted by Crippen LogP contribution is -2.43. The lowest BCUT2D eigenvalue weighted by molar-refractivity contribution is -0.126. The molecule has 39 heavy (non-hydrogen) atoms. The number of hydrogen-bond acceptors (Lipinski definition) is 7. The van der Waals surface area contributed by atoms with Gasteiger partial charge in [0.25, 0.3) is 0 Å². The molecule has 0 bridgehead atoms. The van der Waals surface area contributed by atoms with Crippen LogP contribution < -0.4 is 10.1 Å². The highest BCUT2D eigenvalue weighted by molar-refractivity contribution is 7.89. The summed E-state index contributed by atoms with van der Waals surface area (Å²) < 4.78 is 39.6. The molecule has 0 aromatic heterocycles. The Morgan fingerprint density at radius 1 is 1.00 bits per heavy atom. The number of piperazine rings is 1. The fourth-order valence-electron chi connectivity index (χ4n) is 5.41. The lowest BCUT2D eigenvalue weighted by atomic mass is 10.1. The topological polar surface area (TPSA) is 91.4 Å². The first kappa shape index (κ1) is 29.5. The maximum atomic E-state index is 13.5. The average molecular weight is 559 g/mol. The van der Waals surface area contributed by atoms with Crippen LogP contribution in [0.4, 0.5) is 0 Å². The number of carbonyl (C=O) groups is 1. The van der Waals surface area contributed by atoms with Crippen molar-refractivity contribution in [2.75, 3.05) is 60.1 Å². The molecule has 1 atom stereocenters. The summed E-state index contributed by atoms with van der Waals surface area (Å²) in [7, 11) is 0.0308. The lowest BCUT2D eigenvalue weighted by Gasteiger charge is -2.32. The van der Waals surface area contributed by atoms with Gasteiger partial charge < -0.3 is 19.7 Å². The van der Waals surface area contributed by atoms with Gasteiger partial charge in [-0.15, -0.1) is 0 Å². The van der Waals surface area contributed by atoms with Gasteiger partial charge in [-0.25, -0.2) is 8.42 Å². The van der Waals surface area contributed by atoms with Crippen molar-refractivity contribution in [2.45, 2.75) is 50.7 Å². The molecule has 214 valence electrons. The Kier molecular flexibility index (Phi) is 10.0. The van der Waals surface area contributed by atoms with E-state index in [1.54, 1.807) is 33.1 Å². The van der Waals surface area contributed by atoms with E-state index < -0.39 is 10.0 Å². The monoisotopic (exact) mass is 558 g/mol. The number of benzene rings is 2. The number of rotatable bonds is 11. The molecule has 2 saturated heterocycles. The molecule has 2 heterocycles. The Hall–Kier alpha value is -2.50. The van der Waals surface area contributed by atoms with Crippen LogP contribution in [0.15, 0.2) is 41.3 Å². The maximum absolute atomic E-state index is 13.5. The predicted molar refractivity (Wildman–Crippen MR) is 151 cm³/mol. The van der Waals surface area contributed by atoms with Crippen LogP contribution in [0.25, 0.3) is 0 Å². The molecule has 0 spiro atoms. The Labute approximate surface area is 233 Å². The Balaban J connectivity index is 1.23. The van der Waals surface area contributed by atoms with E-state index in [9.17, 15) is 13.2 Å². The van der Waals surface area contributed by atoms with Crippen LogP contribution in [0.1, 0.15) is 35.1 Å². The number of aryl methyl sites for hydroxylation is 2. The van der Waals surface area contributed by atoms with Crippen LogP contribution in [0, 0.1) is 13.8 Å². The predicted octanol–water partition coefficient (Wildman–Crippen LogP) is 2.55. The third-order valence-electron chi connectivity index (χ3n) is 7.62. The number of methoxy groups -OCH3 is 1. The number of amides is 1. The molecule has 2 fully saturated rings. The summed E-state index contributed by atoms with van der Waals surface area (Å²) in [5, 5.41) is 2.90. The number of likely N-dealkylation sites (N-methyl/N-ethyl adjacent to an activating group) is 1. The molecule has 0 radical (unpaired) electrons. The Bertz CT molecular complexity index is 1200. The van der Waals surface area contributed by atoms with E-state index in [4.69, 9.17) is 9.47 Å². The van der Waals surface area contributed by atoms with Crippen molar-refractivity contribution < 1.29 is 22.7 Å². The Morgan fingerprint density at radius 3 is 2.28 bits per heavy atom. The summed E-state index contributed by atoms with van der Waals surface area (Å²) >= 11 is 0. The minimum Gasteiger partial charge on any atom is -0.497 e. The van der Waals surface area contributed by atoms with Gasteiger partial charge in [-0.05, 0) is 68.1 Å². The largest absolute Gasteiger partial charge is 0.497 e. The normalized spacial score (nSPS) is 19.3. The highest BCUT2D eigenvalue weighted by atomic mass is 32.2. The van der Waals surface area contributed by atoms with Crippen LogP contribution in [-0.2, 0) is 32.6 Å². The second-order valence-corrected chi connectivity index (χ2v) is 12.5. The van der Waals surface area contributed by atoms with Crippen molar-refractivity contribution in [3.8, 4) is 5.75 Å². The highest BCUT2D eigenvalue weighted by Crippen LogP contribution is 2.32. The van der Waals surface area contributed by atoms with Gasteiger partial charge in [-0.2, -0.15) is 4.31 Å². The van der Waals surface area contributed by atoms with E-state index in [1.807, 2.05) is 0 Å². The van der Waals surface area contributed by atoms with Crippen molar-refractivity contribution in [3.05, 3.63) is 58.7 Å². The van der Waals surface area contributed by atoms with Gasteiger partial charge in [0.15, 0.2) is 0 Å². The maximum Gasteiger partial charge on any atom is 0.246 e. The van der Waals surface area contributed by atoms with Gasteiger partial charge in [0.2, 0.25) is 15.9 Å². The smallest absolute Gasteiger partial charge is 0.246 e. The standard InChI is InChI=1S/C29H42N4O5S/c1-22-16-27(37-4)17-23(2)29(22)39(35,36)33-11-5-6-26(33)20-38-21-28(34)30-18-24-7-9-25(10-8-24)19-32-14-12-31(3)13-15-32/h7-10,16-17,26H,5-6,11-15,18-21H2,1-4H3,(H,30,34). The minimum atomic E-state index is -3.69. The van der Waals surface area contributed by atoms with Crippen molar-refractivity contribution in [2.24, 2.45) is 0 Å². The summed E-state index contributed by atoms with van der Waals surface area (Å²) in [6, 6.07) is 11.5. The van der Waals surface area contributed by atoms with E-state index in [0.717, 1.165) is 44.7 Å². The molecule has 0 saturated carbocycles. The first-order chi connectivity index (χ1) is 18.7. The summed E-state index contributed by atoms with van der Waals surface area (Å²) in [5.41, 5.74) is 3.62. The van der Waals surface area contributed by atoms with Crippen molar-refractivity contribution in [1.82, 2.24) is 19.4 Å². The average Bonchev–Trinajstić information content (AvgIpc) is 3.38. The number of carbonyl (C=O) groups excluding carboxylic acids is 1. The van der Waals surface area contributed by atoms with Gasteiger partial charge >= 0.3 is 0 Å². The van der Waals surface area contributed by atoms with Crippen molar-refractivity contribution >= 4 is 15.9 Å². The van der Waals surface area contributed by atoms with Crippen LogP contribution >= 0.6 is 0 Å². The molecule has 1 amide bonds. The molecule has 2 aliphatic rings. The fourth-order valence-corrected chi connectivity index (χ4v) is 7.51. The summed E-state index contributed by atoms with van der Waals surface area (Å²) in [6.07, 6.45) is 1.47. The van der Waals surface area contributed by atoms with Crippen LogP contribution in [0.3, 0.4) is 0 Å². The molecule has 0 aliphatic carbocycles. The molecular formula is C29H42N4O5S. The third kappa shape index (κ3) is 7.58. The number of sulfonamides is 1. The van der Waals surface area contributed by atoms with E-state index in [0.29, 0.717) is 41.3 Å². The zero-order chi connectivity index (χ0) is 28.0. The highest BCUT2D eigenvalue weighted by Gasteiger charge is 2.37. The zero-order valence-corrected chi connectivity index (χ0v) is 24.4. The number of nitrogens with zero attached hydrogens (tertiary/aromatic N) is 3. The fraction of sp³-hybridized carbons (Fsp3) is 0.552. The minimum absolute atomic E-state index is 0.105. The quantitative estimate of drug-likeness (QED) is 0.453. The molecule has 4 rings (SSSR count). The van der Waals surface area contributed by atoms with Crippen LogP contribution in [0.5, 0.6) is 5.75 Å². The van der Waals surface area contributed by atoms with Crippen molar-refractivity contribution in [3.63, 3.8) is 0 Å². The summed E-state index contributed by atoms with van der Waals surface area (Å²) in [4.78, 5) is 17.5. The van der Waals surface area contributed by atoms with Crippen LogP contribution in [0.2, 0.25) is 0 Å². The number of hydrogen-bond donors (Lipinski definition) is 1. The number of nitrogens with one attached hydrogen (secondary N) is 1. The van der Waals surface area contributed by atoms with Gasteiger partial charge in [0, 0.05) is 51.9 Å². The zero-order valence-electron chi connectivity index (χ0n) is 23.6. The molecule has 1 unspecified atom stereocenters. The Morgan fingerprint density at radius 2 is 1.64 bits per heavy atom. The molecule has 9 nitrogen and oxygen atoms in total. The van der Waals surface area contributed by atoms with Gasteiger partial charge in [0.1, 0.15) is 12.4 Å². The SMILES string of the molecule is COc1cc(C)c(S(=O)(=O)N2CCCC2COCC(=O)NCc2ccc(CN3CCN(C)CC3)cc2)c(C)c1.